The molecule has 0 saturated heterocycles. The van der Waals surface area contributed by atoms with Crippen molar-refractivity contribution in [1.82, 2.24) is 4.98 Å². The summed E-state index contributed by atoms with van der Waals surface area (Å²) in [5.74, 6) is -0.0235. The summed E-state index contributed by atoms with van der Waals surface area (Å²) in [6.07, 6.45) is 0. The standard InChI is InChI=1S/C17H15N3OS2/c1-19-8-9-20(14-6-3-2-5-13(14)19)17(21)12-11-23-16(18-12)15-7-4-10-22-15/h2-7,10-11H,8-9H2,1H3. The van der Waals surface area contributed by atoms with Crippen molar-refractivity contribution in [3.63, 3.8) is 0 Å². The molecule has 4 rings (SSSR count). The number of thiophene rings is 1. The lowest BCUT2D eigenvalue weighted by Gasteiger charge is -2.35. The summed E-state index contributed by atoms with van der Waals surface area (Å²) < 4.78 is 0. The fourth-order valence-electron chi connectivity index (χ4n) is 2.74. The Labute approximate surface area is 142 Å². The third kappa shape index (κ3) is 2.54. The van der Waals surface area contributed by atoms with Crippen LogP contribution in [0.3, 0.4) is 0 Å². The molecule has 0 radical (unpaired) electrons. The zero-order valence-electron chi connectivity index (χ0n) is 12.6. The summed E-state index contributed by atoms with van der Waals surface area (Å²) in [5, 5.41) is 4.79. The Kier molecular flexibility index (Phi) is 3.63. The van der Waals surface area contributed by atoms with Crippen molar-refractivity contribution in [3.05, 3.63) is 52.9 Å². The Balaban J connectivity index is 1.67. The molecule has 2 aromatic heterocycles. The van der Waals surface area contributed by atoms with Gasteiger partial charge >= 0.3 is 0 Å². The first-order valence-corrected chi connectivity index (χ1v) is 9.11. The molecule has 0 aliphatic carbocycles. The molecule has 3 aromatic rings. The van der Waals surface area contributed by atoms with Gasteiger partial charge in [0.2, 0.25) is 0 Å². The van der Waals surface area contributed by atoms with Crippen LogP contribution in [-0.2, 0) is 0 Å². The maximum atomic E-state index is 12.9. The van der Waals surface area contributed by atoms with Crippen LogP contribution >= 0.6 is 22.7 Å². The molecule has 0 atom stereocenters. The minimum absolute atomic E-state index is 0.0235. The lowest BCUT2D eigenvalue weighted by molar-refractivity contribution is 0.0982. The first kappa shape index (κ1) is 14.4. The number of nitrogens with zero attached hydrogens (tertiary/aromatic N) is 3. The summed E-state index contributed by atoms with van der Waals surface area (Å²) in [6, 6.07) is 12.0. The van der Waals surface area contributed by atoms with E-state index < -0.39 is 0 Å². The second kappa shape index (κ2) is 5.79. The van der Waals surface area contributed by atoms with E-state index in [1.165, 1.54) is 11.3 Å². The van der Waals surface area contributed by atoms with Gasteiger partial charge in [0.1, 0.15) is 10.7 Å². The molecular formula is C17H15N3OS2. The van der Waals surface area contributed by atoms with Crippen LogP contribution in [-0.4, -0.2) is 31.0 Å². The van der Waals surface area contributed by atoms with E-state index in [0.717, 1.165) is 27.8 Å². The molecule has 1 aliphatic rings. The molecule has 1 aromatic carbocycles. The van der Waals surface area contributed by atoms with Crippen LogP contribution < -0.4 is 9.80 Å². The van der Waals surface area contributed by atoms with Crippen molar-refractivity contribution in [3.8, 4) is 9.88 Å². The van der Waals surface area contributed by atoms with E-state index in [1.54, 1.807) is 11.3 Å². The molecule has 1 amide bonds. The Hall–Kier alpha value is -2.18. The zero-order valence-corrected chi connectivity index (χ0v) is 14.2. The van der Waals surface area contributed by atoms with Gasteiger partial charge in [-0.1, -0.05) is 18.2 Å². The average Bonchev–Trinajstić information content (AvgIpc) is 3.26. The number of hydrogen-bond acceptors (Lipinski definition) is 5. The van der Waals surface area contributed by atoms with E-state index >= 15 is 0 Å². The maximum absolute atomic E-state index is 12.9. The van der Waals surface area contributed by atoms with Gasteiger partial charge in [0.15, 0.2) is 0 Å². The second-order valence-electron chi connectivity index (χ2n) is 5.38. The minimum atomic E-state index is -0.0235. The van der Waals surface area contributed by atoms with Crippen LogP contribution in [0.4, 0.5) is 11.4 Å². The Morgan fingerprint density at radius 2 is 1.91 bits per heavy atom. The fourth-order valence-corrected chi connectivity index (χ4v) is 4.35. The summed E-state index contributed by atoms with van der Waals surface area (Å²) in [6.45, 7) is 1.50. The first-order chi connectivity index (χ1) is 11.2. The largest absolute Gasteiger partial charge is 0.371 e. The van der Waals surface area contributed by atoms with Gasteiger partial charge in [-0.25, -0.2) is 4.98 Å². The molecule has 0 saturated carbocycles. The number of likely N-dealkylation sites (N-methyl/N-ethyl adjacent to an activating group) is 1. The minimum Gasteiger partial charge on any atom is -0.371 e. The van der Waals surface area contributed by atoms with E-state index in [1.807, 2.05) is 52.1 Å². The number of anilines is 2. The number of amides is 1. The monoisotopic (exact) mass is 341 g/mol. The molecule has 0 unspecified atom stereocenters. The predicted octanol–water partition coefficient (Wildman–Crippen LogP) is 3.97. The third-order valence-electron chi connectivity index (χ3n) is 3.94. The molecule has 0 N–H and O–H groups in total. The number of rotatable bonds is 2. The molecule has 3 heterocycles. The summed E-state index contributed by atoms with van der Waals surface area (Å²) in [5.41, 5.74) is 2.57. The summed E-state index contributed by atoms with van der Waals surface area (Å²) >= 11 is 3.16. The van der Waals surface area contributed by atoms with Gasteiger partial charge in [-0.3, -0.25) is 4.79 Å². The molecule has 116 valence electrons. The van der Waals surface area contributed by atoms with E-state index in [4.69, 9.17) is 0 Å². The fraction of sp³-hybridized carbons (Fsp3) is 0.176. The van der Waals surface area contributed by atoms with Crippen LogP contribution in [0, 0.1) is 0 Å². The SMILES string of the molecule is CN1CCN(C(=O)c2csc(-c3cccs3)n2)c2ccccc21. The second-order valence-corrected chi connectivity index (χ2v) is 7.19. The average molecular weight is 341 g/mol. The van der Waals surface area contributed by atoms with Gasteiger partial charge in [0.05, 0.1) is 16.3 Å². The van der Waals surface area contributed by atoms with Crippen LogP contribution in [0.25, 0.3) is 9.88 Å². The van der Waals surface area contributed by atoms with Crippen LogP contribution in [0.1, 0.15) is 10.5 Å². The Morgan fingerprint density at radius 3 is 2.70 bits per heavy atom. The third-order valence-corrected chi connectivity index (χ3v) is 5.82. The van der Waals surface area contributed by atoms with Gasteiger partial charge in [0.25, 0.3) is 5.91 Å². The van der Waals surface area contributed by atoms with Gasteiger partial charge in [-0.15, -0.1) is 22.7 Å². The van der Waals surface area contributed by atoms with Crippen LogP contribution in [0.15, 0.2) is 47.2 Å². The highest BCUT2D eigenvalue weighted by atomic mass is 32.1. The zero-order chi connectivity index (χ0) is 15.8. The molecule has 6 heteroatoms. The Bertz CT molecular complexity index is 841. The van der Waals surface area contributed by atoms with E-state index in [-0.39, 0.29) is 5.91 Å². The number of thiazole rings is 1. The number of aromatic nitrogens is 1. The van der Waals surface area contributed by atoms with Gasteiger partial charge in [-0.05, 0) is 23.6 Å². The number of benzene rings is 1. The normalized spacial score (nSPS) is 14.0. The molecule has 4 nitrogen and oxygen atoms in total. The highest BCUT2D eigenvalue weighted by molar-refractivity contribution is 7.20. The molecule has 0 bridgehead atoms. The van der Waals surface area contributed by atoms with Gasteiger partial charge in [-0.2, -0.15) is 0 Å². The van der Waals surface area contributed by atoms with E-state index in [0.29, 0.717) is 12.2 Å². The Morgan fingerprint density at radius 1 is 1.09 bits per heavy atom. The number of carbonyl (C=O) groups excluding carboxylic acids is 1. The van der Waals surface area contributed by atoms with Crippen molar-refractivity contribution in [2.45, 2.75) is 0 Å². The molecule has 1 aliphatic heterocycles. The van der Waals surface area contributed by atoms with Crippen molar-refractivity contribution < 1.29 is 4.79 Å². The smallest absolute Gasteiger partial charge is 0.277 e. The van der Waals surface area contributed by atoms with Crippen molar-refractivity contribution in [1.29, 1.82) is 0 Å². The van der Waals surface area contributed by atoms with Gasteiger partial charge in [0, 0.05) is 25.5 Å². The molecule has 0 spiro atoms. The van der Waals surface area contributed by atoms with Gasteiger partial charge < -0.3 is 9.80 Å². The summed E-state index contributed by atoms with van der Waals surface area (Å²) in [7, 11) is 2.05. The van der Waals surface area contributed by atoms with Crippen molar-refractivity contribution in [2.75, 3.05) is 29.9 Å². The number of hydrogen-bond donors (Lipinski definition) is 0. The lowest BCUT2D eigenvalue weighted by atomic mass is 10.1. The van der Waals surface area contributed by atoms with E-state index in [2.05, 4.69) is 16.9 Å². The number of carbonyl (C=O) groups is 1. The molecule has 0 fully saturated rings. The molecular weight excluding hydrogens is 326 g/mol. The van der Waals surface area contributed by atoms with Crippen LogP contribution in [0.2, 0.25) is 0 Å². The lowest BCUT2D eigenvalue weighted by Crippen LogP contribution is -2.42. The maximum Gasteiger partial charge on any atom is 0.277 e. The highest BCUT2D eigenvalue weighted by Gasteiger charge is 2.27. The highest BCUT2D eigenvalue weighted by Crippen LogP contribution is 2.34. The number of para-hydroxylation sites is 2. The molecule has 23 heavy (non-hydrogen) atoms. The van der Waals surface area contributed by atoms with Crippen molar-refractivity contribution >= 4 is 40.0 Å². The van der Waals surface area contributed by atoms with Crippen molar-refractivity contribution in [2.24, 2.45) is 0 Å². The topological polar surface area (TPSA) is 36.4 Å². The summed E-state index contributed by atoms with van der Waals surface area (Å²) in [4.78, 5) is 22.6. The number of fused-ring (bicyclic) bond motifs is 1. The quantitative estimate of drug-likeness (QED) is 0.708. The first-order valence-electron chi connectivity index (χ1n) is 7.35. The predicted molar refractivity (Wildman–Crippen MR) is 96.8 cm³/mol. The van der Waals surface area contributed by atoms with E-state index in [9.17, 15) is 4.79 Å². The van der Waals surface area contributed by atoms with Crippen LogP contribution in [0.5, 0.6) is 0 Å².